The number of aromatic nitrogens is 4. The van der Waals surface area contributed by atoms with Gasteiger partial charge in [-0.25, -0.2) is 9.59 Å². The summed E-state index contributed by atoms with van der Waals surface area (Å²) in [7, 11) is 1.77. The number of benzene rings is 2. The Morgan fingerprint density at radius 1 is 1.12 bits per heavy atom. The molecule has 0 bridgehead atoms. The highest BCUT2D eigenvalue weighted by Crippen LogP contribution is 2.56. The first kappa shape index (κ1) is 29.2. The van der Waals surface area contributed by atoms with Gasteiger partial charge in [0.2, 0.25) is 5.82 Å². The van der Waals surface area contributed by atoms with Crippen molar-refractivity contribution in [1.82, 2.24) is 25.5 Å². The second kappa shape index (κ2) is 10.5. The molecule has 222 valence electrons. The van der Waals surface area contributed by atoms with Crippen LogP contribution in [0.4, 0.5) is 5.69 Å². The Kier molecular flexibility index (Phi) is 7.32. The molecule has 42 heavy (non-hydrogen) atoms. The first-order valence-electron chi connectivity index (χ1n) is 13.9. The van der Waals surface area contributed by atoms with Crippen molar-refractivity contribution < 1.29 is 23.8 Å². The van der Waals surface area contributed by atoms with Crippen LogP contribution in [-0.2, 0) is 10.3 Å². The highest BCUT2D eigenvalue weighted by Gasteiger charge is 2.72. The molecule has 3 atom stereocenters. The van der Waals surface area contributed by atoms with E-state index in [1.807, 2.05) is 65.3 Å². The predicted octanol–water partition coefficient (Wildman–Crippen LogP) is 4.17. The van der Waals surface area contributed by atoms with Crippen molar-refractivity contribution in [3.8, 4) is 22.5 Å². The number of aryl methyl sites for hydroxylation is 1. The molecule has 3 heterocycles. The second-order valence-corrected chi connectivity index (χ2v) is 11.5. The third-order valence-electron chi connectivity index (χ3n) is 8.65. The molecule has 1 saturated heterocycles. The molecule has 3 N–H and O–H groups in total. The quantitative estimate of drug-likeness (QED) is 0.262. The molecule has 3 unspecified atom stereocenters. The monoisotopic (exact) mass is 576 g/mol. The van der Waals surface area contributed by atoms with Crippen molar-refractivity contribution in [2.24, 2.45) is 0 Å². The minimum atomic E-state index is -1.69. The number of tetrazole rings is 1. The van der Waals surface area contributed by atoms with Gasteiger partial charge >= 0.3 is 11.8 Å². The number of carbonyl (C=O) groups is 1. The summed E-state index contributed by atoms with van der Waals surface area (Å²) in [5, 5.41) is 37.1. The van der Waals surface area contributed by atoms with E-state index in [2.05, 4.69) is 27.5 Å². The van der Waals surface area contributed by atoms with Crippen molar-refractivity contribution >= 4 is 11.7 Å². The SMILES string of the molecule is CCCCC1(C)N(c2ccc(-c3ccccc3-c3nn[nH]n3)cc2)C(C(=O)O)C(c2oc(=O)oc2C)(C(C)(C)O)N1C. The molecule has 1 aliphatic rings. The van der Waals surface area contributed by atoms with E-state index in [0.29, 0.717) is 17.9 Å². The summed E-state index contributed by atoms with van der Waals surface area (Å²) in [5.41, 5.74) is -1.12. The highest BCUT2D eigenvalue weighted by atomic mass is 16.6. The predicted molar refractivity (Wildman–Crippen MR) is 155 cm³/mol. The highest BCUT2D eigenvalue weighted by molar-refractivity contribution is 5.85. The van der Waals surface area contributed by atoms with Gasteiger partial charge in [0.15, 0.2) is 11.8 Å². The Balaban J connectivity index is 1.71. The minimum Gasteiger partial charge on any atom is -0.480 e. The van der Waals surface area contributed by atoms with E-state index in [4.69, 9.17) is 8.83 Å². The number of likely N-dealkylation sites (N-methyl/N-ethyl adjacent to an activating group) is 1. The molecule has 2 aromatic carbocycles. The summed E-state index contributed by atoms with van der Waals surface area (Å²) >= 11 is 0. The lowest BCUT2D eigenvalue weighted by molar-refractivity contribution is -0.152. The normalized spacial score (nSPS) is 23.0. The average molecular weight is 577 g/mol. The fourth-order valence-electron chi connectivity index (χ4n) is 6.71. The average Bonchev–Trinajstić information content (AvgIpc) is 3.65. The Labute approximate surface area is 243 Å². The van der Waals surface area contributed by atoms with Gasteiger partial charge in [0.05, 0.1) is 11.3 Å². The van der Waals surface area contributed by atoms with Gasteiger partial charge in [0.25, 0.3) is 0 Å². The maximum Gasteiger partial charge on any atom is 0.519 e. The zero-order valence-electron chi connectivity index (χ0n) is 24.6. The number of carboxylic acid groups (broad SMARTS) is 1. The van der Waals surface area contributed by atoms with Crippen LogP contribution in [0.15, 0.2) is 62.2 Å². The molecule has 0 amide bonds. The number of unbranched alkanes of at least 4 members (excludes halogenated alkanes) is 1. The molecule has 1 fully saturated rings. The number of aromatic amines is 1. The largest absolute Gasteiger partial charge is 0.519 e. The number of H-pyrrole nitrogens is 1. The molecular formula is C30H36N6O6. The fourth-order valence-corrected chi connectivity index (χ4v) is 6.71. The standard InChI is InChI=1S/C30H36N6O6/c1-7-8-17-29(5)35(6)30(28(3,4)40,24-18(2)41-27(39)42-24)23(26(37)38)36(29)20-15-13-19(14-16-20)21-11-9-10-12-22(21)25-31-33-34-32-25/h9-16,23,40H,7-8,17H2,1-6H3,(H,37,38)(H,31,32,33,34). The van der Waals surface area contributed by atoms with E-state index >= 15 is 0 Å². The second-order valence-electron chi connectivity index (χ2n) is 11.5. The maximum atomic E-state index is 13.4. The Hall–Kier alpha value is -4.29. The number of anilines is 1. The first-order valence-corrected chi connectivity index (χ1v) is 13.9. The number of rotatable bonds is 9. The first-order chi connectivity index (χ1) is 19.9. The van der Waals surface area contributed by atoms with Crippen molar-refractivity contribution in [1.29, 1.82) is 0 Å². The van der Waals surface area contributed by atoms with Crippen LogP contribution >= 0.6 is 0 Å². The number of aliphatic hydroxyl groups is 1. The minimum absolute atomic E-state index is 0.00853. The molecule has 0 saturated carbocycles. The molecule has 0 spiro atoms. The molecule has 0 aliphatic carbocycles. The molecule has 5 rings (SSSR count). The van der Waals surface area contributed by atoms with Crippen LogP contribution in [-0.4, -0.2) is 66.1 Å². The lowest BCUT2D eigenvalue weighted by atomic mass is 9.73. The summed E-state index contributed by atoms with van der Waals surface area (Å²) in [6.45, 7) is 8.64. The van der Waals surface area contributed by atoms with Gasteiger partial charge in [-0.05, 0) is 69.6 Å². The van der Waals surface area contributed by atoms with Crippen LogP contribution in [0, 0.1) is 6.92 Å². The molecule has 4 aromatic rings. The van der Waals surface area contributed by atoms with Crippen LogP contribution in [0.5, 0.6) is 0 Å². The molecule has 12 heteroatoms. The summed E-state index contributed by atoms with van der Waals surface area (Å²) in [5.74, 6) is -1.57. The van der Waals surface area contributed by atoms with Gasteiger partial charge in [0.1, 0.15) is 11.3 Å². The molecule has 1 aliphatic heterocycles. The third kappa shape index (κ3) is 4.33. The number of nitrogens with zero attached hydrogens (tertiary/aromatic N) is 5. The Bertz CT molecular complexity index is 1620. The van der Waals surface area contributed by atoms with Crippen LogP contribution in [0.3, 0.4) is 0 Å². The third-order valence-corrected chi connectivity index (χ3v) is 8.65. The van der Waals surface area contributed by atoms with Crippen LogP contribution in [0.2, 0.25) is 0 Å². The van der Waals surface area contributed by atoms with Crippen LogP contribution < -0.4 is 10.7 Å². The molecule has 0 radical (unpaired) electrons. The summed E-state index contributed by atoms with van der Waals surface area (Å²) in [6.07, 6.45) is 2.23. The molecule has 2 aromatic heterocycles. The zero-order chi connectivity index (χ0) is 30.4. The zero-order valence-corrected chi connectivity index (χ0v) is 24.6. The van der Waals surface area contributed by atoms with E-state index in [-0.39, 0.29) is 11.5 Å². The van der Waals surface area contributed by atoms with E-state index in [9.17, 15) is 19.8 Å². The van der Waals surface area contributed by atoms with Crippen molar-refractivity contribution in [2.45, 2.75) is 76.7 Å². The molecule has 12 nitrogen and oxygen atoms in total. The van der Waals surface area contributed by atoms with E-state index in [1.54, 1.807) is 14.0 Å². The summed E-state index contributed by atoms with van der Waals surface area (Å²) < 4.78 is 10.8. The van der Waals surface area contributed by atoms with E-state index in [0.717, 1.165) is 29.5 Å². The van der Waals surface area contributed by atoms with Gasteiger partial charge in [-0.1, -0.05) is 56.2 Å². The summed E-state index contributed by atoms with van der Waals surface area (Å²) in [4.78, 5) is 29.3. The van der Waals surface area contributed by atoms with Gasteiger partial charge in [0, 0.05) is 11.3 Å². The smallest absolute Gasteiger partial charge is 0.480 e. The lowest BCUT2D eigenvalue weighted by Gasteiger charge is -2.47. The van der Waals surface area contributed by atoms with Crippen LogP contribution in [0.1, 0.15) is 58.5 Å². The number of hydrogen-bond donors (Lipinski definition) is 3. The van der Waals surface area contributed by atoms with Gasteiger partial charge < -0.3 is 23.9 Å². The topological polar surface area (TPSA) is 162 Å². The van der Waals surface area contributed by atoms with Gasteiger partial charge in [-0.2, -0.15) is 5.21 Å². The number of carboxylic acids is 1. The van der Waals surface area contributed by atoms with Crippen molar-refractivity contribution in [3.05, 3.63) is 70.7 Å². The maximum absolute atomic E-state index is 13.4. The van der Waals surface area contributed by atoms with Crippen molar-refractivity contribution in [2.75, 3.05) is 11.9 Å². The van der Waals surface area contributed by atoms with Crippen molar-refractivity contribution in [3.63, 3.8) is 0 Å². The Morgan fingerprint density at radius 3 is 2.31 bits per heavy atom. The number of nitrogens with one attached hydrogen (secondary N) is 1. The fraction of sp³-hybridized carbons (Fsp3) is 0.433. The van der Waals surface area contributed by atoms with E-state index in [1.165, 1.54) is 13.8 Å². The van der Waals surface area contributed by atoms with E-state index < -0.39 is 34.6 Å². The number of hydrogen-bond acceptors (Lipinski definition) is 10. The lowest BCUT2D eigenvalue weighted by Crippen LogP contribution is -2.64. The Morgan fingerprint density at radius 2 is 1.79 bits per heavy atom. The van der Waals surface area contributed by atoms with Crippen LogP contribution in [0.25, 0.3) is 22.5 Å². The molecular weight excluding hydrogens is 540 g/mol. The van der Waals surface area contributed by atoms with Gasteiger partial charge in [-0.15, -0.1) is 10.2 Å². The summed E-state index contributed by atoms with van der Waals surface area (Å²) in [6, 6.07) is 13.9. The number of aliphatic carboxylic acids is 1. The van der Waals surface area contributed by atoms with Gasteiger partial charge in [-0.3, -0.25) is 4.90 Å².